The van der Waals surface area contributed by atoms with Gasteiger partial charge >= 0.3 is 0 Å². The lowest BCUT2D eigenvalue weighted by Crippen LogP contribution is -2.52. The van der Waals surface area contributed by atoms with Crippen molar-refractivity contribution in [3.8, 4) is 0 Å². The van der Waals surface area contributed by atoms with E-state index in [0.29, 0.717) is 25.0 Å². The molecule has 1 aromatic carbocycles. The van der Waals surface area contributed by atoms with Crippen LogP contribution in [0.2, 0.25) is 0 Å². The van der Waals surface area contributed by atoms with E-state index in [1.807, 2.05) is 0 Å². The minimum atomic E-state index is -4.00. The number of benzene rings is 1. The first-order chi connectivity index (χ1) is 19.4. The molecule has 3 aliphatic rings. The average molecular weight is 635 g/mol. The zero-order chi connectivity index (χ0) is 31.2. The van der Waals surface area contributed by atoms with Gasteiger partial charge in [-0.05, 0) is 63.9 Å². The van der Waals surface area contributed by atoms with Crippen molar-refractivity contribution >= 4 is 38.9 Å². The van der Waals surface area contributed by atoms with Gasteiger partial charge in [0.05, 0.1) is 29.0 Å². The molecule has 5 N–H and O–H groups in total. The molecule has 0 aromatic heterocycles. The maximum Gasteiger partial charge on any atom is 0.251 e. The molecule has 232 valence electrons. The summed E-state index contributed by atoms with van der Waals surface area (Å²) in [6.07, 6.45) is 1.95. The number of hydrogen-bond donors (Lipinski definition) is 5. The number of hydrogen-bond acceptors (Lipinski definition) is 7. The van der Waals surface area contributed by atoms with Gasteiger partial charge in [0, 0.05) is 35.0 Å². The third-order valence-electron chi connectivity index (χ3n) is 8.68. The van der Waals surface area contributed by atoms with Gasteiger partial charge in [-0.25, -0.2) is 21.6 Å². The number of sulfone groups is 1. The van der Waals surface area contributed by atoms with Gasteiger partial charge in [-0.15, -0.1) is 0 Å². The van der Waals surface area contributed by atoms with Crippen molar-refractivity contribution in [3.05, 3.63) is 52.3 Å². The van der Waals surface area contributed by atoms with Crippen LogP contribution in [0.25, 0.3) is 0 Å². The Morgan fingerprint density at radius 3 is 2.24 bits per heavy atom. The van der Waals surface area contributed by atoms with Crippen LogP contribution in [0, 0.1) is 29.3 Å². The van der Waals surface area contributed by atoms with Gasteiger partial charge in [0.25, 0.3) is 5.91 Å². The van der Waals surface area contributed by atoms with Crippen molar-refractivity contribution in [2.24, 2.45) is 11.8 Å². The molecule has 4 rings (SSSR count). The molecule has 4 atom stereocenters. The third-order valence-corrected chi connectivity index (χ3v) is 11.7. The Morgan fingerprint density at radius 2 is 1.69 bits per heavy atom. The SMILES string of the molecule is CC(C)(O)C(O)CNC(=O)CC1(O)C2CCC1CC(S(=O)(=O)C1CC(C(=O)Nc3cc(F)c(F)c(F)c3)=CC=C1Cl)C2. The van der Waals surface area contributed by atoms with Crippen LogP contribution in [-0.2, 0) is 19.4 Å². The van der Waals surface area contributed by atoms with Crippen molar-refractivity contribution in [2.45, 2.75) is 80.2 Å². The first kappa shape index (κ1) is 32.5. The molecule has 0 spiro atoms. The molecule has 2 fully saturated rings. The van der Waals surface area contributed by atoms with Crippen molar-refractivity contribution < 1.29 is 46.5 Å². The van der Waals surface area contributed by atoms with Crippen LogP contribution in [0.5, 0.6) is 0 Å². The predicted octanol–water partition coefficient (Wildman–Crippen LogP) is 2.84. The fraction of sp³-hybridized carbons (Fsp3) is 0.571. The molecule has 2 amide bonds. The molecular weight excluding hydrogens is 601 g/mol. The van der Waals surface area contributed by atoms with E-state index in [2.05, 4.69) is 10.6 Å². The quantitative estimate of drug-likeness (QED) is 0.262. The van der Waals surface area contributed by atoms with E-state index in [1.165, 1.54) is 26.0 Å². The largest absolute Gasteiger partial charge is 0.389 e. The Labute approximate surface area is 246 Å². The minimum Gasteiger partial charge on any atom is -0.389 e. The summed E-state index contributed by atoms with van der Waals surface area (Å²) in [5.41, 5.74) is -3.23. The zero-order valence-corrected chi connectivity index (χ0v) is 24.6. The van der Waals surface area contributed by atoms with Crippen LogP contribution in [0.3, 0.4) is 0 Å². The number of rotatable bonds is 9. The van der Waals surface area contributed by atoms with Gasteiger partial charge in [0.1, 0.15) is 5.25 Å². The predicted molar refractivity (Wildman–Crippen MR) is 148 cm³/mol. The Bertz CT molecular complexity index is 1390. The molecule has 42 heavy (non-hydrogen) atoms. The summed E-state index contributed by atoms with van der Waals surface area (Å²) in [6.45, 7) is 2.57. The van der Waals surface area contributed by atoms with Gasteiger partial charge in [-0.2, -0.15) is 0 Å². The number of carbonyl (C=O) groups excluding carboxylic acids is 2. The molecule has 0 heterocycles. The van der Waals surface area contributed by atoms with Gasteiger partial charge in [0.2, 0.25) is 5.91 Å². The fourth-order valence-electron chi connectivity index (χ4n) is 6.11. The van der Waals surface area contributed by atoms with Crippen molar-refractivity contribution in [3.63, 3.8) is 0 Å². The highest BCUT2D eigenvalue weighted by Crippen LogP contribution is 2.53. The average Bonchev–Trinajstić information content (AvgIpc) is 3.05. The number of amides is 2. The second-order valence-electron chi connectivity index (χ2n) is 11.9. The van der Waals surface area contributed by atoms with E-state index in [0.717, 1.165) is 0 Å². The lowest BCUT2D eigenvalue weighted by atomic mass is 9.72. The van der Waals surface area contributed by atoms with E-state index in [9.17, 15) is 46.5 Å². The minimum absolute atomic E-state index is 0.0108. The summed E-state index contributed by atoms with van der Waals surface area (Å²) in [6, 6.07) is 1.21. The van der Waals surface area contributed by atoms with Gasteiger partial charge in [0.15, 0.2) is 27.3 Å². The Morgan fingerprint density at radius 1 is 1.12 bits per heavy atom. The molecule has 0 radical (unpaired) electrons. The molecule has 0 saturated heterocycles. The maximum absolute atomic E-state index is 13.8. The second kappa shape index (κ2) is 11.9. The molecule has 4 unspecified atom stereocenters. The number of aliphatic hydroxyl groups is 3. The lowest BCUT2D eigenvalue weighted by molar-refractivity contribution is -0.134. The van der Waals surface area contributed by atoms with Crippen LogP contribution in [0.15, 0.2) is 34.9 Å². The Hall–Kier alpha value is -2.45. The van der Waals surface area contributed by atoms with E-state index in [4.69, 9.17) is 11.6 Å². The van der Waals surface area contributed by atoms with E-state index in [1.54, 1.807) is 0 Å². The van der Waals surface area contributed by atoms with Crippen molar-refractivity contribution in [2.75, 3.05) is 11.9 Å². The molecular formula is C28H34ClF3N2O7S. The van der Waals surface area contributed by atoms with E-state index >= 15 is 0 Å². The summed E-state index contributed by atoms with van der Waals surface area (Å²) < 4.78 is 68.0. The highest BCUT2D eigenvalue weighted by atomic mass is 35.5. The number of nitrogens with one attached hydrogen (secondary N) is 2. The lowest BCUT2D eigenvalue weighted by Gasteiger charge is -2.43. The van der Waals surface area contributed by atoms with E-state index in [-0.39, 0.29) is 48.5 Å². The van der Waals surface area contributed by atoms with Crippen LogP contribution < -0.4 is 10.6 Å². The first-order valence-corrected chi connectivity index (χ1v) is 15.6. The molecule has 14 heteroatoms. The summed E-state index contributed by atoms with van der Waals surface area (Å²) in [5.74, 6) is -7.03. The Balaban J connectivity index is 1.42. The Kier molecular flexibility index (Phi) is 9.21. The van der Waals surface area contributed by atoms with Crippen LogP contribution in [-0.4, -0.2) is 69.9 Å². The summed E-state index contributed by atoms with van der Waals surface area (Å²) in [7, 11) is -4.00. The maximum atomic E-state index is 13.8. The number of fused-ring (bicyclic) bond motifs is 2. The first-order valence-electron chi connectivity index (χ1n) is 13.6. The summed E-state index contributed by atoms with van der Waals surface area (Å²) in [4.78, 5) is 25.4. The highest BCUT2D eigenvalue weighted by Gasteiger charge is 2.57. The normalized spacial score (nSPS) is 28.5. The summed E-state index contributed by atoms with van der Waals surface area (Å²) in [5, 5.41) is 33.9. The van der Waals surface area contributed by atoms with E-state index < -0.39 is 78.7 Å². The molecule has 0 aliphatic heterocycles. The smallest absolute Gasteiger partial charge is 0.251 e. The number of aliphatic hydroxyl groups excluding tert-OH is 1. The number of anilines is 1. The van der Waals surface area contributed by atoms with Crippen LogP contribution in [0.4, 0.5) is 18.9 Å². The molecule has 3 aliphatic carbocycles. The standard InChI is InChI=1S/C28H34ClF3N2O7S/c1-27(2,38)23(35)13-33-24(36)12-28(39)15-4-5-16(28)9-18(8-15)42(40,41)22-7-14(3-6-19(22)29)26(37)34-17-10-20(30)25(32)21(31)11-17/h3,6,10-11,15-16,18,22-23,35,38-39H,4-5,7-9,12-13H2,1-2H3,(H,33,36)(H,34,37). The van der Waals surface area contributed by atoms with Gasteiger partial charge < -0.3 is 26.0 Å². The number of carbonyl (C=O) groups is 2. The van der Waals surface area contributed by atoms with Crippen LogP contribution >= 0.6 is 11.6 Å². The summed E-state index contributed by atoms with van der Waals surface area (Å²) >= 11 is 6.31. The molecule has 9 nitrogen and oxygen atoms in total. The third kappa shape index (κ3) is 6.54. The monoisotopic (exact) mass is 634 g/mol. The highest BCUT2D eigenvalue weighted by molar-refractivity contribution is 7.93. The fourth-order valence-corrected chi connectivity index (χ4v) is 8.90. The molecule has 2 saturated carbocycles. The van der Waals surface area contributed by atoms with Crippen molar-refractivity contribution in [1.29, 1.82) is 0 Å². The topological polar surface area (TPSA) is 153 Å². The second-order valence-corrected chi connectivity index (χ2v) is 14.8. The van der Waals surface area contributed by atoms with Crippen molar-refractivity contribution in [1.82, 2.24) is 5.32 Å². The van der Waals surface area contributed by atoms with Gasteiger partial charge in [-0.1, -0.05) is 17.7 Å². The van der Waals surface area contributed by atoms with Crippen LogP contribution in [0.1, 0.15) is 52.4 Å². The number of halogens is 4. The van der Waals surface area contributed by atoms with Gasteiger partial charge in [-0.3, -0.25) is 9.59 Å². The molecule has 2 bridgehead atoms. The molecule has 1 aromatic rings. The zero-order valence-electron chi connectivity index (χ0n) is 23.0. The number of allylic oxidation sites excluding steroid dienone is 2.